The van der Waals surface area contributed by atoms with Crippen molar-refractivity contribution in [2.24, 2.45) is 4.99 Å². The fourth-order valence-corrected chi connectivity index (χ4v) is 3.90. The predicted octanol–water partition coefficient (Wildman–Crippen LogP) is 3.49. The maximum Gasteiger partial charge on any atom is 0.311 e. The van der Waals surface area contributed by atoms with Gasteiger partial charge in [-0.2, -0.15) is 4.68 Å². The summed E-state index contributed by atoms with van der Waals surface area (Å²) in [6.45, 7) is 4.59. The second-order valence-corrected chi connectivity index (χ2v) is 7.51. The molecule has 0 fully saturated rings. The molecule has 1 N–H and O–H groups in total. The molecule has 148 valence electrons. The first-order valence-corrected chi connectivity index (χ1v) is 10.1. The SMILES string of the molecule is CCCCCN=C(C)c1c(CC(=O)OC)[nH]n(-c2nc3ccccc3s2)c1=O. The molecule has 3 rings (SSSR count). The van der Waals surface area contributed by atoms with Crippen LogP contribution < -0.4 is 5.56 Å². The van der Waals surface area contributed by atoms with Gasteiger partial charge in [0.25, 0.3) is 5.56 Å². The first-order chi connectivity index (χ1) is 13.5. The van der Waals surface area contributed by atoms with E-state index >= 15 is 0 Å². The number of carbonyl (C=O) groups is 1. The number of rotatable bonds is 8. The number of hydrogen-bond acceptors (Lipinski definition) is 6. The molecule has 0 atom stereocenters. The number of hydrogen-bond donors (Lipinski definition) is 1. The molecule has 0 unspecified atom stereocenters. The lowest BCUT2D eigenvalue weighted by Gasteiger charge is -2.02. The third-order valence-corrected chi connectivity index (χ3v) is 5.48. The van der Waals surface area contributed by atoms with Gasteiger partial charge in [0.1, 0.15) is 0 Å². The Morgan fingerprint density at radius 2 is 2.11 bits per heavy atom. The van der Waals surface area contributed by atoms with E-state index in [9.17, 15) is 9.59 Å². The van der Waals surface area contributed by atoms with Crippen LogP contribution in [0.5, 0.6) is 0 Å². The first kappa shape index (κ1) is 20.0. The number of thiazole rings is 1. The van der Waals surface area contributed by atoms with Crippen molar-refractivity contribution in [3.63, 3.8) is 0 Å². The Bertz CT molecular complexity index is 1030. The summed E-state index contributed by atoms with van der Waals surface area (Å²) >= 11 is 1.41. The average molecular weight is 401 g/mol. The summed E-state index contributed by atoms with van der Waals surface area (Å²) in [5.74, 6) is -0.419. The minimum Gasteiger partial charge on any atom is -0.469 e. The molecule has 7 nitrogen and oxygen atoms in total. The van der Waals surface area contributed by atoms with Crippen LogP contribution in [0.15, 0.2) is 34.1 Å². The predicted molar refractivity (Wildman–Crippen MR) is 112 cm³/mol. The quantitative estimate of drug-likeness (QED) is 0.356. The Kier molecular flexibility index (Phi) is 6.41. The van der Waals surface area contributed by atoms with Gasteiger partial charge in [-0.1, -0.05) is 43.2 Å². The molecule has 0 aliphatic rings. The number of para-hydroxylation sites is 1. The Morgan fingerprint density at radius 3 is 2.82 bits per heavy atom. The Morgan fingerprint density at radius 1 is 1.32 bits per heavy atom. The molecule has 3 aromatic rings. The zero-order valence-electron chi connectivity index (χ0n) is 16.3. The number of esters is 1. The minimum absolute atomic E-state index is 0.0270. The number of aliphatic imine (C=N–C) groups is 1. The lowest BCUT2D eigenvalue weighted by atomic mass is 10.1. The van der Waals surface area contributed by atoms with Gasteiger partial charge in [0.05, 0.1) is 35.0 Å². The standard InChI is InChI=1S/C20H24N4O3S/c1-4-5-8-11-21-13(2)18-15(12-17(25)27-3)23-24(19(18)26)20-22-14-9-6-7-10-16(14)28-20/h6-7,9-10,23H,4-5,8,11-12H2,1-3H3. The smallest absolute Gasteiger partial charge is 0.311 e. The summed E-state index contributed by atoms with van der Waals surface area (Å²) in [4.78, 5) is 34.1. The van der Waals surface area contributed by atoms with Gasteiger partial charge in [0, 0.05) is 12.3 Å². The molecule has 0 aliphatic carbocycles. The second kappa shape index (κ2) is 8.97. The van der Waals surface area contributed by atoms with E-state index in [0.29, 0.717) is 28.6 Å². The van der Waals surface area contributed by atoms with Gasteiger partial charge < -0.3 is 4.74 Å². The van der Waals surface area contributed by atoms with Crippen molar-refractivity contribution in [1.82, 2.24) is 14.8 Å². The van der Waals surface area contributed by atoms with Gasteiger partial charge >= 0.3 is 5.97 Å². The highest BCUT2D eigenvalue weighted by Gasteiger charge is 2.21. The van der Waals surface area contributed by atoms with Crippen LogP contribution in [0, 0.1) is 0 Å². The van der Waals surface area contributed by atoms with Crippen LogP contribution in [0.1, 0.15) is 44.4 Å². The van der Waals surface area contributed by atoms with Crippen molar-refractivity contribution >= 4 is 33.2 Å². The van der Waals surface area contributed by atoms with Crippen molar-refractivity contribution in [2.45, 2.75) is 39.5 Å². The summed E-state index contributed by atoms with van der Waals surface area (Å²) in [7, 11) is 1.33. The van der Waals surface area contributed by atoms with Gasteiger partial charge in [0.2, 0.25) is 5.13 Å². The molecule has 0 amide bonds. The molecule has 1 aromatic carbocycles. The van der Waals surface area contributed by atoms with E-state index < -0.39 is 5.97 Å². The van der Waals surface area contributed by atoms with Gasteiger partial charge in [-0.15, -0.1) is 0 Å². The first-order valence-electron chi connectivity index (χ1n) is 9.33. The summed E-state index contributed by atoms with van der Waals surface area (Å²) in [6, 6.07) is 7.70. The number of aromatic amines is 1. The third kappa shape index (κ3) is 4.22. The van der Waals surface area contributed by atoms with Crippen LogP contribution in [0.4, 0.5) is 0 Å². The molecule has 28 heavy (non-hydrogen) atoms. The van der Waals surface area contributed by atoms with Crippen LogP contribution in [-0.2, 0) is 16.0 Å². The molecule has 0 spiro atoms. The van der Waals surface area contributed by atoms with E-state index in [1.807, 2.05) is 24.3 Å². The number of carbonyl (C=O) groups excluding carboxylic acids is 1. The molecule has 0 radical (unpaired) electrons. The fourth-order valence-electron chi connectivity index (χ4n) is 2.98. The van der Waals surface area contributed by atoms with Crippen molar-refractivity contribution in [1.29, 1.82) is 0 Å². The molecule has 2 heterocycles. The van der Waals surface area contributed by atoms with Crippen LogP contribution in [0.3, 0.4) is 0 Å². The second-order valence-electron chi connectivity index (χ2n) is 6.50. The summed E-state index contributed by atoms with van der Waals surface area (Å²) in [5, 5.41) is 3.58. The monoisotopic (exact) mass is 400 g/mol. The van der Waals surface area contributed by atoms with Gasteiger partial charge in [-0.25, -0.2) is 4.98 Å². The molecular formula is C20H24N4O3S. The summed E-state index contributed by atoms with van der Waals surface area (Å²) in [6.07, 6.45) is 3.14. The van der Waals surface area contributed by atoms with E-state index in [-0.39, 0.29) is 12.0 Å². The van der Waals surface area contributed by atoms with Gasteiger partial charge in [0.15, 0.2) is 0 Å². The van der Waals surface area contributed by atoms with E-state index in [1.54, 1.807) is 6.92 Å². The van der Waals surface area contributed by atoms with Crippen molar-refractivity contribution in [3.8, 4) is 5.13 Å². The molecule has 8 heteroatoms. The number of methoxy groups -OCH3 is 1. The maximum atomic E-state index is 13.1. The molecular weight excluding hydrogens is 376 g/mol. The maximum absolute atomic E-state index is 13.1. The largest absolute Gasteiger partial charge is 0.469 e. The van der Waals surface area contributed by atoms with Crippen LogP contribution in [0.2, 0.25) is 0 Å². The summed E-state index contributed by atoms with van der Waals surface area (Å²) in [5.41, 5.74) is 2.10. The van der Waals surface area contributed by atoms with Gasteiger partial charge in [-0.05, 0) is 25.5 Å². The fraction of sp³-hybridized carbons (Fsp3) is 0.400. The Labute approximate surface area is 167 Å². The molecule has 0 aliphatic heterocycles. The zero-order valence-corrected chi connectivity index (χ0v) is 17.1. The lowest BCUT2D eigenvalue weighted by Crippen LogP contribution is -2.20. The average Bonchev–Trinajstić information content (AvgIpc) is 3.25. The van der Waals surface area contributed by atoms with E-state index in [2.05, 4.69) is 22.0 Å². The normalized spacial score (nSPS) is 11.9. The van der Waals surface area contributed by atoms with Gasteiger partial charge in [-0.3, -0.25) is 19.7 Å². The Hall–Kier alpha value is -2.74. The molecule has 0 saturated heterocycles. The van der Waals surface area contributed by atoms with Crippen molar-refractivity contribution in [3.05, 3.63) is 45.9 Å². The van der Waals surface area contributed by atoms with Crippen molar-refractivity contribution in [2.75, 3.05) is 13.7 Å². The van der Waals surface area contributed by atoms with E-state index in [1.165, 1.54) is 23.1 Å². The van der Waals surface area contributed by atoms with E-state index in [0.717, 1.165) is 29.5 Å². The van der Waals surface area contributed by atoms with Crippen molar-refractivity contribution < 1.29 is 9.53 Å². The summed E-state index contributed by atoms with van der Waals surface area (Å²) < 4.78 is 7.16. The van der Waals surface area contributed by atoms with Crippen LogP contribution >= 0.6 is 11.3 Å². The highest BCUT2D eigenvalue weighted by molar-refractivity contribution is 7.20. The number of fused-ring (bicyclic) bond motifs is 1. The Balaban J connectivity index is 2.04. The number of ether oxygens (including phenoxy) is 1. The minimum atomic E-state index is -0.419. The number of nitrogens with one attached hydrogen (secondary N) is 1. The highest BCUT2D eigenvalue weighted by Crippen LogP contribution is 2.24. The number of benzene rings is 1. The number of unbranched alkanes of at least 4 members (excludes halogenated alkanes) is 2. The lowest BCUT2D eigenvalue weighted by molar-refractivity contribution is -0.139. The topological polar surface area (TPSA) is 89.3 Å². The van der Waals surface area contributed by atoms with Crippen LogP contribution in [-0.4, -0.2) is 40.1 Å². The molecule has 0 bridgehead atoms. The van der Waals surface area contributed by atoms with Crippen LogP contribution in [0.25, 0.3) is 15.3 Å². The number of nitrogens with zero attached hydrogens (tertiary/aromatic N) is 3. The molecule has 0 saturated carbocycles. The van der Waals surface area contributed by atoms with E-state index in [4.69, 9.17) is 4.74 Å². The highest BCUT2D eigenvalue weighted by atomic mass is 32.1. The zero-order chi connectivity index (χ0) is 20.1. The molecule has 2 aromatic heterocycles. The number of H-pyrrole nitrogens is 1. The third-order valence-electron chi connectivity index (χ3n) is 4.46. The number of aromatic nitrogens is 3.